The predicted octanol–water partition coefficient (Wildman–Crippen LogP) is 2.55. The Bertz CT molecular complexity index is 962. The molecular formula is C21H25N3O4S. The second-order valence-electron chi connectivity index (χ2n) is 7.00. The van der Waals surface area contributed by atoms with Crippen LogP contribution in [-0.4, -0.2) is 45.0 Å². The molecule has 2 aromatic carbocycles. The molecule has 1 aliphatic heterocycles. The van der Waals surface area contributed by atoms with Crippen LogP contribution in [0.3, 0.4) is 0 Å². The second-order valence-corrected chi connectivity index (χ2v) is 8.94. The summed E-state index contributed by atoms with van der Waals surface area (Å²) < 4.78 is 32.0. The van der Waals surface area contributed by atoms with E-state index in [9.17, 15) is 13.2 Å². The molecule has 3 rings (SSSR count). The molecule has 1 N–H and O–H groups in total. The van der Waals surface area contributed by atoms with Crippen molar-refractivity contribution in [2.75, 3.05) is 20.2 Å². The quantitative estimate of drug-likeness (QED) is 0.580. The summed E-state index contributed by atoms with van der Waals surface area (Å²) in [6.07, 6.45) is 2.50. The van der Waals surface area contributed by atoms with Crippen molar-refractivity contribution >= 4 is 22.1 Å². The van der Waals surface area contributed by atoms with E-state index in [4.69, 9.17) is 4.74 Å². The average Bonchev–Trinajstić information content (AvgIpc) is 2.74. The fourth-order valence-corrected chi connectivity index (χ4v) is 4.64. The number of hydrogen-bond acceptors (Lipinski definition) is 5. The largest absolute Gasteiger partial charge is 0.497 e. The van der Waals surface area contributed by atoms with Crippen LogP contribution in [0.1, 0.15) is 24.0 Å². The lowest BCUT2D eigenvalue weighted by atomic mass is 9.98. The zero-order valence-corrected chi connectivity index (χ0v) is 17.4. The van der Waals surface area contributed by atoms with Gasteiger partial charge in [0, 0.05) is 19.0 Å². The van der Waals surface area contributed by atoms with Gasteiger partial charge in [-0.2, -0.15) is 9.41 Å². The van der Waals surface area contributed by atoms with E-state index in [1.54, 1.807) is 37.6 Å². The third-order valence-corrected chi connectivity index (χ3v) is 6.90. The van der Waals surface area contributed by atoms with Gasteiger partial charge in [0.1, 0.15) is 5.75 Å². The van der Waals surface area contributed by atoms with Crippen LogP contribution < -0.4 is 10.2 Å². The van der Waals surface area contributed by atoms with E-state index < -0.39 is 10.0 Å². The van der Waals surface area contributed by atoms with E-state index in [-0.39, 0.29) is 16.7 Å². The minimum atomic E-state index is -3.52. The summed E-state index contributed by atoms with van der Waals surface area (Å²) in [5.41, 5.74) is 4.40. The summed E-state index contributed by atoms with van der Waals surface area (Å²) in [7, 11) is -1.93. The Morgan fingerprint density at radius 2 is 1.72 bits per heavy atom. The number of amides is 1. The summed E-state index contributed by atoms with van der Waals surface area (Å²) in [5.74, 6) is 0.299. The third kappa shape index (κ3) is 5.21. The Kier molecular flexibility index (Phi) is 6.66. The van der Waals surface area contributed by atoms with Crippen LogP contribution in [0.5, 0.6) is 5.75 Å². The fraction of sp³-hybridized carbons (Fsp3) is 0.333. The molecule has 2 aromatic rings. The first-order valence-corrected chi connectivity index (χ1v) is 10.9. The Morgan fingerprint density at radius 3 is 2.31 bits per heavy atom. The second kappa shape index (κ2) is 9.19. The van der Waals surface area contributed by atoms with Gasteiger partial charge in [-0.15, -0.1) is 0 Å². The molecule has 1 heterocycles. The van der Waals surface area contributed by atoms with Gasteiger partial charge in [0.15, 0.2) is 0 Å². The molecule has 1 amide bonds. The highest BCUT2D eigenvalue weighted by Gasteiger charge is 2.31. The molecule has 0 aromatic heterocycles. The SMILES string of the molecule is COc1ccc(C=NNC(=O)C2CCN(S(=O)(=O)c3ccc(C)cc3)CC2)cc1. The van der Waals surface area contributed by atoms with Crippen molar-refractivity contribution in [3.8, 4) is 5.75 Å². The maximum atomic E-state index is 12.7. The molecular weight excluding hydrogens is 390 g/mol. The number of carbonyl (C=O) groups excluding carboxylic acids is 1. The number of hydrogen-bond donors (Lipinski definition) is 1. The molecule has 154 valence electrons. The lowest BCUT2D eigenvalue weighted by Crippen LogP contribution is -2.42. The summed E-state index contributed by atoms with van der Waals surface area (Å²) in [6, 6.07) is 14.1. The number of nitrogens with one attached hydrogen (secondary N) is 1. The van der Waals surface area contributed by atoms with E-state index in [0.29, 0.717) is 25.9 Å². The maximum Gasteiger partial charge on any atom is 0.243 e. The third-order valence-electron chi connectivity index (χ3n) is 4.99. The number of sulfonamides is 1. The van der Waals surface area contributed by atoms with Crippen LogP contribution in [0.15, 0.2) is 58.5 Å². The van der Waals surface area contributed by atoms with Gasteiger partial charge in [-0.25, -0.2) is 13.8 Å². The number of nitrogens with zero attached hydrogens (tertiary/aromatic N) is 2. The van der Waals surface area contributed by atoms with E-state index in [1.807, 2.05) is 31.2 Å². The minimum absolute atomic E-state index is 0.192. The topological polar surface area (TPSA) is 88.1 Å². The highest BCUT2D eigenvalue weighted by atomic mass is 32.2. The molecule has 0 radical (unpaired) electrons. The lowest BCUT2D eigenvalue weighted by Gasteiger charge is -2.30. The van der Waals surface area contributed by atoms with Crippen LogP contribution in [0.2, 0.25) is 0 Å². The Hall–Kier alpha value is -2.71. The van der Waals surface area contributed by atoms with Gasteiger partial charge in [0.05, 0.1) is 18.2 Å². The molecule has 0 saturated carbocycles. The number of methoxy groups -OCH3 is 1. The molecule has 1 saturated heterocycles. The molecule has 0 atom stereocenters. The minimum Gasteiger partial charge on any atom is -0.497 e. The molecule has 7 nitrogen and oxygen atoms in total. The number of benzene rings is 2. The van der Waals surface area contributed by atoms with Crippen molar-refractivity contribution in [2.45, 2.75) is 24.7 Å². The molecule has 0 aliphatic carbocycles. The summed E-state index contributed by atoms with van der Waals surface area (Å²) in [4.78, 5) is 12.6. The van der Waals surface area contributed by atoms with Gasteiger partial charge in [-0.1, -0.05) is 17.7 Å². The first-order chi connectivity index (χ1) is 13.9. The first-order valence-electron chi connectivity index (χ1n) is 9.44. The molecule has 0 unspecified atom stereocenters. The molecule has 0 bridgehead atoms. The van der Waals surface area contributed by atoms with Crippen molar-refractivity contribution in [3.05, 3.63) is 59.7 Å². The normalized spacial score (nSPS) is 16.1. The van der Waals surface area contributed by atoms with Crippen molar-refractivity contribution in [2.24, 2.45) is 11.0 Å². The molecule has 0 spiro atoms. The van der Waals surface area contributed by atoms with E-state index >= 15 is 0 Å². The van der Waals surface area contributed by atoms with Crippen LogP contribution in [0, 0.1) is 12.8 Å². The van der Waals surface area contributed by atoms with Crippen molar-refractivity contribution in [1.82, 2.24) is 9.73 Å². The standard InChI is InChI=1S/C21H25N3O4S/c1-16-3-9-20(10-4-16)29(26,27)24-13-11-18(12-14-24)21(25)23-22-15-17-5-7-19(28-2)8-6-17/h3-10,15,18H,11-14H2,1-2H3,(H,23,25). The van der Waals surface area contributed by atoms with Gasteiger partial charge in [-0.3, -0.25) is 4.79 Å². The first kappa shape index (κ1) is 21.0. The maximum absolute atomic E-state index is 12.7. The Labute approximate surface area is 171 Å². The van der Waals surface area contributed by atoms with Crippen LogP contribution in [0.4, 0.5) is 0 Å². The molecule has 1 aliphatic rings. The Balaban J connectivity index is 1.52. The van der Waals surface area contributed by atoms with E-state index in [0.717, 1.165) is 16.9 Å². The van der Waals surface area contributed by atoms with Crippen LogP contribution in [0.25, 0.3) is 0 Å². The number of piperidine rings is 1. The highest BCUT2D eigenvalue weighted by molar-refractivity contribution is 7.89. The number of rotatable bonds is 6. The van der Waals surface area contributed by atoms with Crippen LogP contribution >= 0.6 is 0 Å². The fourth-order valence-electron chi connectivity index (χ4n) is 3.17. The smallest absolute Gasteiger partial charge is 0.243 e. The molecule has 1 fully saturated rings. The predicted molar refractivity (Wildman–Crippen MR) is 111 cm³/mol. The van der Waals surface area contributed by atoms with E-state index in [2.05, 4.69) is 10.5 Å². The number of carbonyl (C=O) groups is 1. The van der Waals surface area contributed by atoms with Gasteiger partial charge >= 0.3 is 0 Å². The number of hydrazone groups is 1. The monoisotopic (exact) mass is 415 g/mol. The summed E-state index contributed by atoms with van der Waals surface area (Å²) in [6.45, 7) is 2.55. The average molecular weight is 416 g/mol. The summed E-state index contributed by atoms with van der Waals surface area (Å²) in [5, 5.41) is 4.00. The zero-order valence-electron chi connectivity index (χ0n) is 16.5. The van der Waals surface area contributed by atoms with Crippen molar-refractivity contribution < 1.29 is 17.9 Å². The van der Waals surface area contributed by atoms with Crippen molar-refractivity contribution in [3.63, 3.8) is 0 Å². The molecule has 8 heteroatoms. The number of aryl methyl sites for hydroxylation is 1. The van der Waals surface area contributed by atoms with Crippen molar-refractivity contribution in [1.29, 1.82) is 0 Å². The van der Waals surface area contributed by atoms with E-state index in [1.165, 1.54) is 4.31 Å². The number of ether oxygens (including phenoxy) is 1. The van der Waals surface area contributed by atoms with Crippen LogP contribution in [-0.2, 0) is 14.8 Å². The Morgan fingerprint density at radius 1 is 1.10 bits per heavy atom. The summed E-state index contributed by atoms with van der Waals surface area (Å²) >= 11 is 0. The highest BCUT2D eigenvalue weighted by Crippen LogP contribution is 2.24. The lowest BCUT2D eigenvalue weighted by molar-refractivity contribution is -0.126. The van der Waals surface area contributed by atoms with Gasteiger partial charge in [-0.05, 0) is 61.7 Å². The van der Waals surface area contributed by atoms with Gasteiger partial charge in [0.25, 0.3) is 0 Å². The molecule has 29 heavy (non-hydrogen) atoms. The zero-order chi connectivity index (χ0) is 20.9. The van der Waals surface area contributed by atoms with Gasteiger partial charge < -0.3 is 4.74 Å². The van der Waals surface area contributed by atoms with Gasteiger partial charge in [0.2, 0.25) is 15.9 Å².